The van der Waals surface area contributed by atoms with E-state index < -0.39 is 17.7 Å². The number of hydrogen-bond donors (Lipinski definition) is 2. The number of hydrogen-bond acceptors (Lipinski definition) is 4. The molecule has 0 unspecified atom stereocenters. The maximum atomic E-state index is 13.0. The monoisotopic (exact) mass is 384 g/mol. The van der Waals surface area contributed by atoms with Gasteiger partial charge in [-0.2, -0.15) is 0 Å². The van der Waals surface area contributed by atoms with E-state index in [2.05, 4.69) is 29.6 Å². The van der Waals surface area contributed by atoms with Crippen LogP contribution in [-0.2, 0) is 9.53 Å². The maximum absolute atomic E-state index is 13.0. The third-order valence-corrected chi connectivity index (χ3v) is 4.64. The van der Waals surface area contributed by atoms with Crippen LogP contribution in [0.2, 0.25) is 0 Å². The van der Waals surface area contributed by atoms with E-state index in [1.807, 2.05) is 25.1 Å². The fourth-order valence-electron chi connectivity index (χ4n) is 3.32. The SMILES string of the molecule is C[C@H](CC(=O)[C@H](CCCN)NC(=O)OC(C)(C)C)c1cccc2ccccc12. The van der Waals surface area contributed by atoms with Gasteiger partial charge in [-0.1, -0.05) is 49.4 Å². The van der Waals surface area contributed by atoms with E-state index in [0.717, 1.165) is 16.3 Å². The van der Waals surface area contributed by atoms with Crippen molar-refractivity contribution in [2.45, 2.75) is 64.5 Å². The highest BCUT2D eigenvalue weighted by Crippen LogP contribution is 2.28. The number of fused-ring (bicyclic) bond motifs is 1. The molecule has 0 saturated carbocycles. The Morgan fingerprint density at radius 2 is 1.79 bits per heavy atom. The van der Waals surface area contributed by atoms with Crippen LogP contribution >= 0.6 is 0 Å². The van der Waals surface area contributed by atoms with Crippen LogP contribution in [0.1, 0.15) is 58.4 Å². The van der Waals surface area contributed by atoms with Gasteiger partial charge in [-0.3, -0.25) is 4.79 Å². The Balaban J connectivity index is 2.11. The topological polar surface area (TPSA) is 81.4 Å². The molecule has 28 heavy (non-hydrogen) atoms. The Morgan fingerprint density at radius 1 is 1.11 bits per heavy atom. The van der Waals surface area contributed by atoms with E-state index in [9.17, 15) is 9.59 Å². The summed E-state index contributed by atoms with van der Waals surface area (Å²) in [7, 11) is 0. The van der Waals surface area contributed by atoms with Gasteiger partial charge in [0.05, 0.1) is 6.04 Å². The van der Waals surface area contributed by atoms with E-state index in [1.54, 1.807) is 20.8 Å². The van der Waals surface area contributed by atoms with Crippen LogP contribution < -0.4 is 11.1 Å². The predicted octanol–water partition coefficient (Wildman–Crippen LogP) is 4.53. The molecule has 0 spiro atoms. The van der Waals surface area contributed by atoms with Crippen LogP contribution in [-0.4, -0.2) is 30.1 Å². The number of carbonyl (C=O) groups is 2. The van der Waals surface area contributed by atoms with Crippen LogP contribution in [0.15, 0.2) is 42.5 Å². The number of ketones is 1. The van der Waals surface area contributed by atoms with Crippen molar-refractivity contribution in [2.24, 2.45) is 5.73 Å². The standard InChI is InChI=1S/C23H32N2O3/c1-16(18-12-7-10-17-9-5-6-11-19(17)18)15-21(26)20(13-8-14-24)25-22(27)28-23(2,3)4/h5-7,9-12,16,20H,8,13-15,24H2,1-4H3,(H,25,27)/t16-,20+/m1/s1. The molecule has 2 aromatic carbocycles. The van der Waals surface area contributed by atoms with Gasteiger partial charge in [0.2, 0.25) is 0 Å². The van der Waals surface area contributed by atoms with Crippen molar-refractivity contribution in [1.29, 1.82) is 0 Å². The Kier molecular flexibility index (Phi) is 7.58. The molecule has 0 fully saturated rings. The summed E-state index contributed by atoms with van der Waals surface area (Å²) >= 11 is 0. The normalized spacial score (nSPS) is 13.8. The lowest BCUT2D eigenvalue weighted by molar-refractivity contribution is -0.121. The highest BCUT2D eigenvalue weighted by atomic mass is 16.6. The van der Waals surface area contributed by atoms with E-state index in [1.165, 1.54) is 0 Å². The molecule has 0 saturated heterocycles. The van der Waals surface area contributed by atoms with Crippen LogP contribution in [0.25, 0.3) is 10.8 Å². The van der Waals surface area contributed by atoms with Crippen molar-refractivity contribution in [1.82, 2.24) is 5.32 Å². The van der Waals surface area contributed by atoms with Crippen molar-refractivity contribution in [2.75, 3.05) is 6.54 Å². The highest BCUT2D eigenvalue weighted by Gasteiger charge is 2.25. The molecular formula is C23H32N2O3. The van der Waals surface area contributed by atoms with Gasteiger partial charge < -0.3 is 15.8 Å². The molecule has 2 atom stereocenters. The van der Waals surface area contributed by atoms with Gasteiger partial charge in [-0.05, 0) is 62.4 Å². The first-order chi connectivity index (χ1) is 13.2. The summed E-state index contributed by atoms with van der Waals surface area (Å²) < 4.78 is 5.31. The molecule has 152 valence electrons. The lowest BCUT2D eigenvalue weighted by Gasteiger charge is -2.24. The summed E-state index contributed by atoms with van der Waals surface area (Å²) in [6.07, 6.45) is 0.950. The molecular weight excluding hydrogens is 352 g/mol. The van der Waals surface area contributed by atoms with Gasteiger partial charge in [0, 0.05) is 6.42 Å². The average molecular weight is 385 g/mol. The number of benzene rings is 2. The average Bonchev–Trinajstić information content (AvgIpc) is 2.63. The van der Waals surface area contributed by atoms with Crippen LogP contribution in [0.3, 0.4) is 0 Å². The second-order valence-corrected chi connectivity index (χ2v) is 8.27. The zero-order valence-electron chi connectivity index (χ0n) is 17.3. The van der Waals surface area contributed by atoms with Gasteiger partial charge in [0.25, 0.3) is 0 Å². The molecule has 2 rings (SSSR count). The number of rotatable bonds is 8. The highest BCUT2D eigenvalue weighted by molar-refractivity contribution is 5.90. The van der Waals surface area contributed by atoms with Crippen molar-refractivity contribution < 1.29 is 14.3 Å². The summed E-state index contributed by atoms with van der Waals surface area (Å²) in [5.74, 6) is 0.0409. The number of ether oxygens (including phenoxy) is 1. The second kappa shape index (κ2) is 9.69. The minimum Gasteiger partial charge on any atom is -0.444 e. The van der Waals surface area contributed by atoms with Crippen molar-refractivity contribution in [3.05, 3.63) is 48.0 Å². The zero-order valence-corrected chi connectivity index (χ0v) is 17.3. The van der Waals surface area contributed by atoms with E-state index in [4.69, 9.17) is 10.5 Å². The number of nitrogens with two attached hydrogens (primary N) is 1. The fourth-order valence-corrected chi connectivity index (χ4v) is 3.32. The van der Waals surface area contributed by atoms with Crippen LogP contribution in [0.5, 0.6) is 0 Å². The minimum absolute atomic E-state index is 0.000238. The first kappa shape index (κ1) is 21.9. The molecule has 1 amide bonds. The summed E-state index contributed by atoms with van der Waals surface area (Å²) in [5, 5.41) is 5.05. The number of nitrogens with one attached hydrogen (secondary N) is 1. The Hall–Kier alpha value is -2.40. The molecule has 0 bridgehead atoms. The van der Waals surface area contributed by atoms with E-state index in [0.29, 0.717) is 25.8 Å². The molecule has 0 aliphatic carbocycles. The maximum Gasteiger partial charge on any atom is 0.408 e. The summed E-state index contributed by atoms with van der Waals surface area (Å²) in [6, 6.07) is 13.7. The Labute approximate surface area is 167 Å². The zero-order chi connectivity index (χ0) is 20.7. The molecule has 0 aliphatic heterocycles. The molecule has 5 heteroatoms. The van der Waals surface area contributed by atoms with Gasteiger partial charge in [-0.25, -0.2) is 4.79 Å². The first-order valence-electron chi connectivity index (χ1n) is 9.91. The summed E-state index contributed by atoms with van der Waals surface area (Å²) in [5.41, 5.74) is 6.14. The second-order valence-electron chi connectivity index (χ2n) is 8.27. The van der Waals surface area contributed by atoms with Gasteiger partial charge >= 0.3 is 6.09 Å². The smallest absolute Gasteiger partial charge is 0.408 e. The lowest BCUT2D eigenvalue weighted by Crippen LogP contribution is -2.44. The molecule has 0 aliphatic rings. The lowest BCUT2D eigenvalue weighted by atomic mass is 9.89. The summed E-state index contributed by atoms with van der Waals surface area (Å²) in [4.78, 5) is 25.1. The largest absolute Gasteiger partial charge is 0.444 e. The molecule has 0 aromatic heterocycles. The molecule has 0 radical (unpaired) electrons. The van der Waals surface area contributed by atoms with Gasteiger partial charge in [-0.15, -0.1) is 0 Å². The van der Waals surface area contributed by atoms with E-state index in [-0.39, 0.29) is 11.7 Å². The fraction of sp³-hybridized carbons (Fsp3) is 0.478. The van der Waals surface area contributed by atoms with Gasteiger partial charge in [0.15, 0.2) is 5.78 Å². The molecule has 3 N–H and O–H groups in total. The third-order valence-electron chi connectivity index (χ3n) is 4.64. The Morgan fingerprint density at radius 3 is 2.46 bits per heavy atom. The Bertz CT molecular complexity index is 806. The number of carbonyl (C=O) groups excluding carboxylic acids is 2. The summed E-state index contributed by atoms with van der Waals surface area (Å²) in [6.45, 7) is 7.91. The quantitative estimate of drug-likeness (QED) is 0.700. The van der Waals surface area contributed by atoms with Crippen molar-refractivity contribution >= 4 is 22.6 Å². The predicted molar refractivity (Wildman–Crippen MR) is 113 cm³/mol. The molecule has 5 nitrogen and oxygen atoms in total. The van der Waals surface area contributed by atoms with Crippen molar-refractivity contribution in [3.63, 3.8) is 0 Å². The van der Waals surface area contributed by atoms with Crippen LogP contribution in [0, 0.1) is 0 Å². The third kappa shape index (κ3) is 6.34. The van der Waals surface area contributed by atoms with Gasteiger partial charge in [0.1, 0.15) is 5.60 Å². The number of alkyl carbamates (subject to hydrolysis) is 1. The molecule has 0 heterocycles. The first-order valence-corrected chi connectivity index (χ1v) is 9.91. The van der Waals surface area contributed by atoms with E-state index >= 15 is 0 Å². The minimum atomic E-state index is -0.609. The number of amides is 1. The van der Waals surface area contributed by atoms with Crippen LogP contribution in [0.4, 0.5) is 4.79 Å². The number of Topliss-reactive ketones (excluding diaryl/α,β-unsaturated/α-hetero) is 1. The molecule has 2 aromatic rings. The van der Waals surface area contributed by atoms with Crippen molar-refractivity contribution in [3.8, 4) is 0 Å².